The van der Waals surface area contributed by atoms with Gasteiger partial charge in [0.05, 0.1) is 5.69 Å². The van der Waals surface area contributed by atoms with E-state index in [1.807, 2.05) is 18.7 Å². The third-order valence-electron chi connectivity index (χ3n) is 5.17. The van der Waals surface area contributed by atoms with Crippen LogP contribution in [0.4, 0.5) is 0 Å². The molecule has 1 fully saturated rings. The summed E-state index contributed by atoms with van der Waals surface area (Å²) in [6.07, 6.45) is 5.25. The minimum Gasteiger partial charge on any atom is -0.356 e. The van der Waals surface area contributed by atoms with E-state index < -0.39 is 10.8 Å². The van der Waals surface area contributed by atoms with E-state index in [1.54, 1.807) is 7.05 Å². The molecule has 0 saturated heterocycles. The highest BCUT2D eigenvalue weighted by atomic mass is 127. The second-order valence-electron chi connectivity index (χ2n) is 6.82. The summed E-state index contributed by atoms with van der Waals surface area (Å²) >= 11 is 0. The van der Waals surface area contributed by atoms with Crippen molar-refractivity contribution in [3.63, 3.8) is 0 Å². The lowest BCUT2D eigenvalue weighted by atomic mass is 9.95. The van der Waals surface area contributed by atoms with E-state index >= 15 is 0 Å². The summed E-state index contributed by atoms with van der Waals surface area (Å²) < 4.78 is 14.0. The Labute approximate surface area is 177 Å². The first-order chi connectivity index (χ1) is 12.0. The summed E-state index contributed by atoms with van der Waals surface area (Å²) in [6.45, 7) is 7.00. The van der Waals surface area contributed by atoms with Crippen LogP contribution >= 0.6 is 24.0 Å². The van der Waals surface area contributed by atoms with Crippen molar-refractivity contribution in [2.24, 2.45) is 12.0 Å². The van der Waals surface area contributed by atoms with Crippen LogP contribution in [0.3, 0.4) is 0 Å². The highest BCUT2D eigenvalue weighted by molar-refractivity contribution is 14.0. The molecule has 0 bridgehead atoms. The highest BCUT2D eigenvalue weighted by Crippen LogP contribution is 2.23. The molecule has 1 saturated carbocycles. The van der Waals surface area contributed by atoms with Gasteiger partial charge in [0.25, 0.3) is 0 Å². The first kappa shape index (κ1) is 23.4. The zero-order chi connectivity index (χ0) is 18.4. The third kappa shape index (κ3) is 6.21. The second-order valence-corrected chi connectivity index (χ2v) is 8.83. The van der Waals surface area contributed by atoms with Gasteiger partial charge in [0.1, 0.15) is 0 Å². The zero-order valence-electron chi connectivity index (χ0n) is 16.7. The summed E-state index contributed by atoms with van der Waals surface area (Å²) in [4.78, 5) is 4.35. The fourth-order valence-electron chi connectivity index (χ4n) is 3.62. The molecule has 0 amide bonds. The summed E-state index contributed by atoms with van der Waals surface area (Å²) in [5.74, 6) is 1.60. The van der Waals surface area contributed by atoms with Gasteiger partial charge >= 0.3 is 0 Å². The molecule has 3 unspecified atom stereocenters. The molecule has 2 N–H and O–H groups in total. The van der Waals surface area contributed by atoms with E-state index in [0.29, 0.717) is 11.3 Å². The molecule has 0 spiro atoms. The topological polar surface area (TPSA) is 71.3 Å². The molecule has 1 aliphatic carbocycles. The van der Waals surface area contributed by atoms with Gasteiger partial charge in [-0.25, -0.2) is 0 Å². The maximum absolute atomic E-state index is 12.1. The quantitative estimate of drug-likeness (QED) is 0.362. The van der Waals surface area contributed by atoms with Crippen molar-refractivity contribution in [3.8, 4) is 0 Å². The summed E-state index contributed by atoms with van der Waals surface area (Å²) in [5, 5.41) is 11.7. The Bertz CT molecular complexity index is 631. The van der Waals surface area contributed by atoms with Crippen molar-refractivity contribution in [3.05, 3.63) is 17.0 Å². The first-order valence-electron chi connectivity index (χ1n) is 9.29. The Morgan fingerprint density at radius 3 is 2.69 bits per heavy atom. The summed E-state index contributed by atoms with van der Waals surface area (Å²) in [5.41, 5.74) is 3.63. The molecule has 150 valence electrons. The van der Waals surface area contributed by atoms with E-state index in [4.69, 9.17) is 0 Å². The van der Waals surface area contributed by atoms with Crippen LogP contribution < -0.4 is 10.6 Å². The number of aliphatic imine (C=N–C) groups is 1. The Morgan fingerprint density at radius 1 is 1.38 bits per heavy atom. The van der Waals surface area contributed by atoms with Crippen molar-refractivity contribution < 1.29 is 4.21 Å². The lowest BCUT2D eigenvalue weighted by Crippen LogP contribution is -2.47. The lowest BCUT2D eigenvalue weighted by molar-refractivity contribution is 0.413. The third-order valence-corrected chi connectivity index (χ3v) is 6.91. The smallest absolute Gasteiger partial charge is 0.191 e. The van der Waals surface area contributed by atoms with Crippen LogP contribution in [0.1, 0.15) is 49.6 Å². The summed E-state index contributed by atoms with van der Waals surface area (Å²) in [6, 6.07) is 0.363. The van der Waals surface area contributed by atoms with Crippen LogP contribution in [0.15, 0.2) is 4.99 Å². The molecule has 1 heterocycles. The van der Waals surface area contributed by atoms with Crippen molar-refractivity contribution in [2.45, 2.75) is 64.2 Å². The normalized spacial score (nSPS) is 21.8. The Kier molecular flexibility index (Phi) is 10.1. The average molecular weight is 495 g/mol. The van der Waals surface area contributed by atoms with Crippen LogP contribution in [0.5, 0.6) is 0 Å². The number of nitrogens with zero attached hydrogens (tertiary/aromatic N) is 3. The minimum atomic E-state index is -0.694. The number of aromatic nitrogens is 2. The maximum atomic E-state index is 12.1. The van der Waals surface area contributed by atoms with Gasteiger partial charge in [0.2, 0.25) is 0 Å². The van der Waals surface area contributed by atoms with Crippen molar-refractivity contribution >= 4 is 40.7 Å². The molecule has 8 heteroatoms. The fourth-order valence-corrected chi connectivity index (χ4v) is 4.97. The van der Waals surface area contributed by atoms with Gasteiger partial charge in [0.15, 0.2) is 5.96 Å². The van der Waals surface area contributed by atoms with Crippen molar-refractivity contribution in [2.75, 3.05) is 19.3 Å². The molecule has 26 heavy (non-hydrogen) atoms. The molecule has 1 aromatic rings. The van der Waals surface area contributed by atoms with Gasteiger partial charge in [-0.1, -0.05) is 13.3 Å². The van der Waals surface area contributed by atoms with E-state index in [-0.39, 0.29) is 24.0 Å². The second kappa shape index (κ2) is 11.3. The first-order valence-corrected chi connectivity index (χ1v) is 10.7. The molecule has 0 aliphatic heterocycles. The number of hydrogen-bond donors (Lipinski definition) is 2. The minimum absolute atomic E-state index is 0. The van der Waals surface area contributed by atoms with Gasteiger partial charge < -0.3 is 10.6 Å². The lowest BCUT2D eigenvalue weighted by Gasteiger charge is -2.30. The van der Waals surface area contributed by atoms with Crippen LogP contribution in [-0.2, 0) is 24.3 Å². The predicted molar refractivity (Wildman–Crippen MR) is 121 cm³/mol. The predicted octanol–water partition coefficient (Wildman–Crippen LogP) is 2.44. The maximum Gasteiger partial charge on any atom is 0.191 e. The zero-order valence-corrected chi connectivity index (χ0v) is 19.8. The largest absolute Gasteiger partial charge is 0.356 e. The van der Waals surface area contributed by atoms with Crippen LogP contribution in [0.2, 0.25) is 0 Å². The fraction of sp³-hybridized carbons (Fsp3) is 0.778. The van der Waals surface area contributed by atoms with Gasteiger partial charge in [-0.3, -0.25) is 13.9 Å². The number of guanidine groups is 1. The average Bonchev–Trinajstić information content (AvgIpc) is 2.86. The van der Waals surface area contributed by atoms with Crippen molar-refractivity contribution in [1.29, 1.82) is 0 Å². The molecule has 0 radical (unpaired) electrons. The molecule has 3 atom stereocenters. The van der Waals surface area contributed by atoms with Crippen LogP contribution in [0, 0.1) is 13.8 Å². The van der Waals surface area contributed by atoms with Gasteiger partial charge in [-0.15, -0.1) is 24.0 Å². The SMILES string of the molecule is CCS(=O)C1CCCC(NC(=NC)NCCc2c(C)nn(C)c2C)C1.I. The number of halogens is 1. The molecular formula is C18H34IN5OS. The molecule has 1 aromatic heterocycles. The Morgan fingerprint density at radius 2 is 2.12 bits per heavy atom. The highest BCUT2D eigenvalue weighted by Gasteiger charge is 2.26. The van der Waals surface area contributed by atoms with Gasteiger partial charge in [-0.2, -0.15) is 5.10 Å². The van der Waals surface area contributed by atoms with Crippen LogP contribution in [0.25, 0.3) is 0 Å². The van der Waals surface area contributed by atoms with E-state index in [2.05, 4.69) is 34.6 Å². The number of rotatable bonds is 6. The van der Waals surface area contributed by atoms with E-state index in [0.717, 1.165) is 56.1 Å². The van der Waals surface area contributed by atoms with Gasteiger partial charge in [-0.05, 0) is 45.1 Å². The Balaban J connectivity index is 0.00000338. The van der Waals surface area contributed by atoms with Crippen LogP contribution in [-0.4, -0.2) is 50.6 Å². The Hall–Kier alpha value is -0.640. The molecule has 1 aliphatic rings. The summed E-state index contributed by atoms with van der Waals surface area (Å²) in [7, 11) is 3.10. The molecule has 0 aromatic carbocycles. The number of hydrogen-bond acceptors (Lipinski definition) is 3. The van der Waals surface area contributed by atoms with Crippen molar-refractivity contribution in [1.82, 2.24) is 20.4 Å². The van der Waals surface area contributed by atoms with E-state index in [9.17, 15) is 4.21 Å². The number of nitrogens with one attached hydrogen (secondary N) is 2. The molecular weight excluding hydrogens is 461 g/mol. The molecule has 6 nitrogen and oxygen atoms in total. The monoisotopic (exact) mass is 495 g/mol. The standard InChI is InChI=1S/C18H33N5OS.HI/c1-6-25(24)16-9-7-8-15(12-16)21-18(19-4)20-11-10-17-13(2)22-23(5)14(17)3;/h15-16H,6-12H2,1-5H3,(H2,19,20,21);1H. The number of aryl methyl sites for hydroxylation is 2. The van der Waals surface area contributed by atoms with Gasteiger partial charge in [0, 0.05) is 54.2 Å². The van der Waals surface area contributed by atoms with E-state index in [1.165, 1.54) is 11.3 Å². The molecule has 2 rings (SSSR count).